The minimum atomic E-state index is -0.958. The van der Waals surface area contributed by atoms with Crippen LogP contribution in [0.1, 0.15) is 27.9 Å². The van der Waals surface area contributed by atoms with Crippen molar-refractivity contribution in [3.05, 3.63) is 59.2 Å². The zero-order chi connectivity index (χ0) is 15.4. The molecule has 0 fully saturated rings. The molecule has 0 aliphatic heterocycles. The van der Waals surface area contributed by atoms with Crippen LogP contribution in [0, 0.1) is 0 Å². The number of fused-ring (bicyclic) bond motifs is 1. The second-order valence-electron chi connectivity index (χ2n) is 5.31. The van der Waals surface area contributed by atoms with Crippen LogP contribution in [-0.4, -0.2) is 24.3 Å². The lowest BCUT2D eigenvalue weighted by atomic mass is 10.1. The summed E-state index contributed by atoms with van der Waals surface area (Å²) in [6, 6.07) is 12.7. The molecule has 0 saturated carbocycles. The molecule has 0 atom stereocenters. The van der Waals surface area contributed by atoms with Gasteiger partial charge in [-0.05, 0) is 60.7 Å². The largest absolute Gasteiger partial charge is 0.490 e. The van der Waals surface area contributed by atoms with Crippen molar-refractivity contribution in [2.45, 2.75) is 19.3 Å². The molecule has 114 valence electrons. The number of aromatic carboxylic acids is 1. The molecular weight excluding hydrogens is 280 g/mol. The summed E-state index contributed by atoms with van der Waals surface area (Å²) < 4.78 is 11.2. The first kappa shape index (κ1) is 14.4. The van der Waals surface area contributed by atoms with Gasteiger partial charge in [0.25, 0.3) is 0 Å². The summed E-state index contributed by atoms with van der Waals surface area (Å²) in [5.41, 5.74) is 3.03. The first-order valence-electron chi connectivity index (χ1n) is 7.43. The van der Waals surface area contributed by atoms with E-state index in [0.717, 1.165) is 12.2 Å². The molecule has 0 unspecified atom stereocenters. The highest BCUT2D eigenvalue weighted by atomic mass is 16.5. The molecule has 4 nitrogen and oxygen atoms in total. The molecule has 0 bridgehead atoms. The Morgan fingerprint density at radius 1 is 0.955 bits per heavy atom. The number of rotatable bonds is 6. The van der Waals surface area contributed by atoms with Crippen molar-refractivity contribution >= 4 is 5.97 Å². The van der Waals surface area contributed by atoms with Crippen molar-refractivity contribution in [3.8, 4) is 11.5 Å². The third-order valence-corrected chi connectivity index (χ3v) is 3.77. The Kier molecular flexibility index (Phi) is 4.28. The standard InChI is InChI=1S/C18H18O4/c19-18(20)15-5-2-6-16(12-15)21-9-10-22-17-8-7-13-3-1-4-14(13)11-17/h2,5-8,11-12H,1,3-4,9-10H2,(H,19,20). The molecule has 3 rings (SSSR count). The van der Waals surface area contributed by atoms with E-state index in [9.17, 15) is 4.79 Å². The first-order chi connectivity index (χ1) is 10.7. The fraction of sp³-hybridized carbons (Fsp3) is 0.278. The maximum Gasteiger partial charge on any atom is 0.335 e. The summed E-state index contributed by atoms with van der Waals surface area (Å²) in [5.74, 6) is 0.445. The van der Waals surface area contributed by atoms with Crippen molar-refractivity contribution in [2.24, 2.45) is 0 Å². The van der Waals surface area contributed by atoms with Gasteiger partial charge in [-0.2, -0.15) is 0 Å². The van der Waals surface area contributed by atoms with E-state index in [2.05, 4.69) is 12.1 Å². The number of ether oxygens (including phenoxy) is 2. The lowest BCUT2D eigenvalue weighted by molar-refractivity contribution is 0.0696. The number of carbonyl (C=O) groups is 1. The molecule has 0 saturated heterocycles. The average Bonchev–Trinajstić information content (AvgIpc) is 2.99. The SMILES string of the molecule is O=C(O)c1cccc(OCCOc2ccc3c(c2)CCC3)c1. The first-order valence-corrected chi connectivity index (χ1v) is 7.43. The average molecular weight is 298 g/mol. The van der Waals surface area contributed by atoms with Gasteiger partial charge in [0.1, 0.15) is 24.7 Å². The van der Waals surface area contributed by atoms with Gasteiger partial charge in [-0.1, -0.05) is 12.1 Å². The van der Waals surface area contributed by atoms with E-state index >= 15 is 0 Å². The molecule has 0 heterocycles. The lowest BCUT2D eigenvalue weighted by Gasteiger charge is -2.10. The van der Waals surface area contributed by atoms with Gasteiger partial charge in [0.15, 0.2) is 0 Å². The summed E-state index contributed by atoms with van der Waals surface area (Å²) in [4.78, 5) is 10.9. The summed E-state index contributed by atoms with van der Waals surface area (Å²) in [7, 11) is 0. The monoisotopic (exact) mass is 298 g/mol. The van der Waals surface area contributed by atoms with E-state index in [-0.39, 0.29) is 5.56 Å². The molecule has 0 radical (unpaired) electrons. The highest BCUT2D eigenvalue weighted by molar-refractivity contribution is 5.87. The number of benzene rings is 2. The van der Waals surface area contributed by atoms with E-state index in [1.54, 1.807) is 12.1 Å². The zero-order valence-corrected chi connectivity index (χ0v) is 12.2. The van der Waals surface area contributed by atoms with Crippen LogP contribution in [0.25, 0.3) is 0 Å². The number of hydrogen-bond donors (Lipinski definition) is 1. The maximum atomic E-state index is 10.9. The van der Waals surface area contributed by atoms with Gasteiger partial charge >= 0.3 is 5.97 Å². The van der Waals surface area contributed by atoms with Crippen molar-refractivity contribution < 1.29 is 19.4 Å². The minimum Gasteiger partial charge on any atom is -0.490 e. The molecule has 0 spiro atoms. The molecule has 22 heavy (non-hydrogen) atoms. The predicted octanol–water partition coefficient (Wildman–Crippen LogP) is 3.33. The van der Waals surface area contributed by atoms with Crippen LogP contribution in [0.2, 0.25) is 0 Å². The molecule has 4 heteroatoms. The minimum absolute atomic E-state index is 0.219. The van der Waals surface area contributed by atoms with Crippen molar-refractivity contribution in [3.63, 3.8) is 0 Å². The Labute approximate surface area is 129 Å². The van der Waals surface area contributed by atoms with Gasteiger partial charge in [-0.3, -0.25) is 0 Å². The van der Waals surface area contributed by atoms with Crippen molar-refractivity contribution in [1.82, 2.24) is 0 Å². The summed E-state index contributed by atoms with van der Waals surface area (Å²) in [6.45, 7) is 0.802. The van der Waals surface area contributed by atoms with Gasteiger partial charge in [0, 0.05) is 0 Å². The number of aryl methyl sites for hydroxylation is 2. The van der Waals surface area contributed by atoms with E-state index in [4.69, 9.17) is 14.6 Å². The van der Waals surface area contributed by atoms with E-state index < -0.39 is 5.97 Å². The van der Waals surface area contributed by atoms with Crippen LogP contribution in [0.5, 0.6) is 11.5 Å². The predicted molar refractivity (Wildman–Crippen MR) is 82.9 cm³/mol. The van der Waals surface area contributed by atoms with E-state index in [1.165, 1.54) is 36.1 Å². The van der Waals surface area contributed by atoms with Gasteiger partial charge in [0.2, 0.25) is 0 Å². The van der Waals surface area contributed by atoms with Crippen LogP contribution in [0.4, 0.5) is 0 Å². The molecule has 0 aromatic heterocycles. The number of hydrogen-bond acceptors (Lipinski definition) is 3. The molecule has 2 aromatic carbocycles. The highest BCUT2D eigenvalue weighted by Gasteiger charge is 2.11. The molecule has 1 N–H and O–H groups in total. The molecule has 0 amide bonds. The highest BCUT2D eigenvalue weighted by Crippen LogP contribution is 2.26. The van der Waals surface area contributed by atoms with Gasteiger partial charge in [-0.25, -0.2) is 4.79 Å². The molecule has 2 aromatic rings. The van der Waals surface area contributed by atoms with E-state index in [0.29, 0.717) is 19.0 Å². The third kappa shape index (κ3) is 3.39. The van der Waals surface area contributed by atoms with Crippen LogP contribution >= 0.6 is 0 Å². The Morgan fingerprint density at radius 2 is 1.68 bits per heavy atom. The quantitative estimate of drug-likeness (QED) is 0.831. The van der Waals surface area contributed by atoms with Crippen LogP contribution in [0.15, 0.2) is 42.5 Å². The summed E-state index contributed by atoms with van der Waals surface area (Å²) in [6.07, 6.45) is 3.52. The van der Waals surface area contributed by atoms with Crippen LogP contribution in [0.3, 0.4) is 0 Å². The third-order valence-electron chi connectivity index (χ3n) is 3.77. The van der Waals surface area contributed by atoms with Crippen LogP contribution in [-0.2, 0) is 12.8 Å². The Morgan fingerprint density at radius 3 is 2.45 bits per heavy atom. The molecule has 1 aliphatic carbocycles. The Bertz CT molecular complexity index is 679. The van der Waals surface area contributed by atoms with Crippen molar-refractivity contribution in [1.29, 1.82) is 0 Å². The smallest absolute Gasteiger partial charge is 0.335 e. The molecule has 1 aliphatic rings. The second kappa shape index (κ2) is 6.52. The van der Waals surface area contributed by atoms with E-state index in [1.807, 2.05) is 6.07 Å². The van der Waals surface area contributed by atoms with Gasteiger partial charge in [-0.15, -0.1) is 0 Å². The summed E-state index contributed by atoms with van der Waals surface area (Å²) in [5, 5.41) is 8.93. The van der Waals surface area contributed by atoms with Gasteiger partial charge < -0.3 is 14.6 Å². The Balaban J connectivity index is 1.49. The topological polar surface area (TPSA) is 55.8 Å². The van der Waals surface area contributed by atoms with Crippen molar-refractivity contribution in [2.75, 3.05) is 13.2 Å². The van der Waals surface area contributed by atoms with Crippen LogP contribution < -0.4 is 9.47 Å². The fourth-order valence-corrected chi connectivity index (χ4v) is 2.68. The summed E-state index contributed by atoms with van der Waals surface area (Å²) >= 11 is 0. The fourth-order valence-electron chi connectivity index (χ4n) is 2.68. The normalized spacial score (nSPS) is 12.7. The van der Waals surface area contributed by atoms with Gasteiger partial charge in [0.05, 0.1) is 5.56 Å². The lowest BCUT2D eigenvalue weighted by Crippen LogP contribution is -2.09. The second-order valence-corrected chi connectivity index (χ2v) is 5.31. The number of carboxylic acids is 1. The zero-order valence-electron chi connectivity index (χ0n) is 12.2. The molecular formula is C18H18O4. The number of carboxylic acid groups (broad SMARTS) is 1. The maximum absolute atomic E-state index is 10.9. The Hall–Kier alpha value is -2.49.